The summed E-state index contributed by atoms with van der Waals surface area (Å²) in [5.74, 6) is 0.743. The Kier molecular flexibility index (Phi) is 7.14. The van der Waals surface area contributed by atoms with Gasteiger partial charge in [-0.25, -0.2) is 0 Å². The zero-order chi connectivity index (χ0) is 15.3. The fourth-order valence-electron chi connectivity index (χ4n) is 4.18. The zero-order valence-corrected chi connectivity index (χ0v) is 15.3. The van der Waals surface area contributed by atoms with Gasteiger partial charge in [0.1, 0.15) is 0 Å². The lowest BCUT2D eigenvalue weighted by molar-refractivity contribution is -0.0871. The molecule has 0 aromatic heterocycles. The van der Waals surface area contributed by atoms with Crippen LogP contribution in [-0.4, -0.2) is 0 Å². The highest BCUT2D eigenvalue weighted by Gasteiger charge is 2.52. The third-order valence-corrected chi connectivity index (χ3v) is 6.88. The summed E-state index contributed by atoms with van der Waals surface area (Å²) in [4.78, 5) is 0. The van der Waals surface area contributed by atoms with Crippen LogP contribution in [0.25, 0.3) is 0 Å². The van der Waals surface area contributed by atoms with Crippen LogP contribution in [0.15, 0.2) is 0 Å². The van der Waals surface area contributed by atoms with Crippen molar-refractivity contribution in [3.05, 3.63) is 0 Å². The second-order valence-corrected chi connectivity index (χ2v) is 7.95. The lowest BCUT2D eigenvalue weighted by atomic mass is 9.47. The standard InChI is InChI=1S/C19H40/c1-10-13-14-15-17(6,7)19(9,12-3)18(8,11-2)16(4)5/h16H,10-15H2,1-9H3. The summed E-state index contributed by atoms with van der Waals surface area (Å²) in [6.07, 6.45) is 8.03. The smallest absolute Gasteiger partial charge is 0.0221 e. The van der Waals surface area contributed by atoms with Crippen LogP contribution >= 0.6 is 0 Å². The maximum Gasteiger partial charge on any atom is -0.0221 e. The van der Waals surface area contributed by atoms with Gasteiger partial charge >= 0.3 is 0 Å². The second-order valence-electron chi connectivity index (χ2n) is 7.95. The Balaban J connectivity index is 5.32. The molecule has 0 aromatic rings. The highest BCUT2D eigenvalue weighted by Crippen LogP contribution is 2.60. The van der Waals surface area contributed by atoms with Crippen molar-refractivity contribution in [1.82, 2.24) is 0 Å². The van der Waals surface area contributed by atoms with Gasteiger partial charge in [-0.05, 0) is 41.4 Å². The minimum Gasteiger partial charge on any atom is -0.0654 e. The molecule has 0 N–H and O–H groups in total. The predicted octanol–water partition coefficient (Wildman–Crippen LogP) is 7.08. The maximum absolute atomic E-state index is 2.56. The maximum atomic E-state index is 2.56. The van der Waals surface area contributed by atoms with Crippen LogP contribution < -0.4 is 0 Å². The molecule has 0 nitrogen and oxygen atoms in total. The molecule has 0 fully saturated rings. The van der Waals surface area contributed by atoms with Gasteiger partial charge in [0.25, 0.3) is 0 Å². The summed E-state index contributed by atoms with van der Waals surface area (Å²) in [7, 11) is 0. The fourth-order valence-corrected chi connectivity index (χ4v) is 4.18. The van der Waals surface area contributed by atoms with E-state index in [1.807, 2.05) is 0 Å². The van der Waals surface area contributed by atoms with Gasteiger partial charge in [0, 0.05) is 0 Å². The van der Waals surface area contributed by atoms with Gasteiger partial charge in [-0.15, -0.1) is 0 Å². The largest absolute Gasteiger partial charge is 0.0654 e. The van der Waals surface area contributed by atoms with E-state index in [2.05, 4.69) is 62.3 Å². The van der Waals surface area contributed by atoms with Crippen molar-refractivity contribution in [2.75, 3.05) is 0 Å². The highest BCUT2D eigenvalue weighted by molar-refractivity contribution is 5.01. The molecule has 2 atom stereocenters. The van der Waals surface area contributed by atoms with E-state index in [1.165, 1.54) is 38.5 Å². The van der Waals surface area contributed by atoms with Crippen molar-refractivity contribution in [2.24, 2.45) is 22.2 Å². The van der Waals surface area contributed by atoms with Crippen molar-refractivity contribution in [3.8, 4) is 0 Å². The molecule has 0 amide bonds. The first-order chi connectivity index (χ1) is 8.63. The molecule has 0 heteroatoms. The molecule has 0 aliphatic carbocycles. The molecular formula is C19H40. The van der Waals surface area contributed by atoms with Crippen LogP contribution in [-0.2, 0) is 0 Å². The van der Waals surface area contributed by atoms with Crippen LogP contribution in [0.1, 0.15) is 101 Å². The van der Waals surface area contributed by atoms with Crippen LogP contribution in [0.4, 0.5) is 0 Å². The molecule has 116 valence electrons. The summed E-state index contributed by atoms with van der Waals surface area (Å²) in [6, 6.07) is 0. The molecule has 0 saturated carbocycles. The normalized spacial score (nSPS) is 19.3. The average Bonchev–Trinajstić information content (AvgIpc) is 2.36. The zero-order valence-electron chi connectivity index (χ0n) is 15.3. The van der Waals surface area contributed by atoms with Crippen LogP contribution in [0.3, 0.4) is 0 Å². The molecular weight excluding hydrogens is 228 g/mol. The molecule has 0 bridgehead atoms. The Bertz CT molecular complexity index is 251. The Morgan fingerprint density at radius 1 is 0.789 bits per heavy atom. The van der Waals surface area contributed by atoms with E-state index >= 15 is 0 Å². The molecule has 0 radical (unpaired) electrons. The minimum atomic E-state index is 0.413. The average molecular weight is 269 g/mol. The molecule has 2 unspecified atom stereocenters. The van der Waals surface area contributed by atoms with E-state index in [4.69, 9.17) is 0 Å². The first kappa shape index (κ1) is 19.0. The van der Waals surface area contributed by atoms with Crippen molar-refractivity contribution in [3.63, 3.8) is 0 Å². The SMILES string of the molecule is CCCCCC(C)(C)C(C)(CC)C(C)(CC)C(C)C. The monoisotopic (exact) mass is 268 g/mol. The van der Waals surface area contributed by atoms with Gasteiger partial charge in [0.2, 0.25) is 0 Å². The van der Waals surface area contributed by atoms with Crippen LogP contribution in [0, 0.1) is 22.2 Å². The van der Waals surface area contributed by atoms with E-state index in [-0.39, 0.29) is 0 Å². The first-order valence-electron chi connectivity index (χ1n) is 8.63. The van der Waals surface area contributed by atoms with Gasteiger partial charge in [0.05, 0.1) is 0 Å². The molecule has 0 heterocycles. The van der Waals surface area contributed by atoms with E-state index in [9.17, 15) is 0 Å². The molecule has 19 heavy (non-hydrogen) atoms. The molecule has 0 spiro atoms. The van der Waals surface area contributed by atoms with Gasteiger partial charge in [0.15, 0.2) is 0 Å². The Labute approximate surface area is 123 Å². The summed E-state index contributed by atoms with van der Waals surface area (Å²) >= 11 is 0. The summed E-state index contributed by atoms with van der Waals surface area (Å²) in [5.41, 5.74) is 1.26. The first-order valence-corrected chi connectivity index (χ1v) is 8.63. The molecule has 0 rings (SSSR count). The number of rotatable bonds is 9. The van der Waals surface area contributed by atoms with Crippen molar-refractivity contribution in [2.45, 2.75) is 101 Å². The molecule has 0 aliphatic rings. The number of hydrogen-bond acceptors (Lipinski definition) is 0. The van der Waals surface area contributed by atoms with Gasteiger partial charge < -0.3 is 0 Å². The second kappa shape index (κ2) is 7.14. The quantitative estimate of drug-likeness (QED) is 0.392. The van der Waals surface area contributed by atoms with Gasteiger partial charge in [-0.3, -0.25) is 0 Å². The molecule has 0 saturated heterocycles. The van der Waals surface area contributed by atoms with E-state index in [0.29, 0.717) is 16.2 Å². The van der Waals surface area contributed by atoms with Crippen molar-refractivity contribution >= 4 is 0 Å². The molecule has 0 aromatic carbocycles. The molecule has 0 aliphatic heterocycles. The van der Waals surface area contributed by atoms with Gasteiger partial charge in [-0.2, -0.15) is 0 Å². The third kappa shape index (κ3) is 3.56. The van der Waals surface area contributed by atoms with E-state index in [1.54, 1.807) is 0 Å². The lowest BCUT2D eigenvalue weighted by Gasteiger charge is -2.58. The summed E-state index contributed by atoms with van der Waals surface area (Å²) in [6.45, 7) is 22.0. The predicted molar refractivity (Wildman–Crippen MR) is 89.6 cm³/mol. The minimum absolute atomic E-state index is 0.413. The Hall–Kier alpha value is 0. The third-order valence-electron chi connectivity index (χ3n) is 6.88. The van der Waals surface area contributed by atoms with Gasteiger partial charge in [-0.1, -0.05) is 81.6 Å². The van der Waals surface area contributed by atoms with E-state index in [0.717, 1.165) is 5.92 Å². The lowest BCUT2D eigenvalue weighted by Crippen LogP contribution is -2.50. The Morgan fingerprint density at radius 3 is 1.63 bits per heavy atom. The highest BCUT2D eigenvalue weighted by atomic mass is 14.6. The fraction of sp³-hybridized carbons (Fsp3) is 1.00. The summed E-state index contributed by atoms with van der Waals surface area (Å²) in [5, 5.41) is 0. The number of hydrogen-bond donors (Lipinski definition) is 0. The van der Waals surface area contributed by atoms with Crippen molar-refractivity contribution < 1.29 is 0 Å². The van der Waals surface area contributed by atoms with Crippen LogP contribution in [0.2, 0.25) is 0 Å². The Morgan fingerprint density at radius 2 is 1.32 bits per heavy atom. The van der Waals surface area contributed by atoms with E-state index < -0.39 is 0 Å². The summed E-state index contributed by atoms with van der Waals surface area (Å²) < 4.78 is 0. The van der Waals surface area contributed by atoms with Crippen molar-refractivity contribution in [1.29, 1.82) is 0 Å². The number of unbranched alkanes of at least 4 members (excludes halogenated alkanes) is 2. The van der Waals surface area contributed by atoms with Crippen LogP contribution in [0.5, 0.6) is 0 Å². The topological polar surface area (TPSA) is 0 Å².